The summed E-state index contributed by atoms with van der Waals surface area (Å²) in [6.07, 6.45) is 6.37. The van der Waals surface area contributed by atoms with Crippen molar-refractivity contribution >= 4 is 0 Å². The third-order valence-corrected chi connectivity index (χ3v) is 3.33. The molecule has 0 bridgehead atoms. The van der Waals surface area contributed by atoms with Crippen molar-refractivity contribution in [3.05, 3.63) is 11.6 Å². The average Bonchev–Trinajstić information content (AvgIpc) is 2.80. The first-order chi connectivity index (χ1) is 7.85. The second-order valence-electron chi connectivity index (χ2n) is 4.40. The second kappa shape index (κ2) is 5.41. The molecular formula is C11H20N4O. The Bertz CT molecular complexity index is 320. The fourth-order valence-electron chi connectivity index (χ4n) is 2.47. The summed E-state index contributed by atoms with van der Waals surface area (Å²) in [5.74, 6) is 2.04. The van der Waals surface area contributed by atoms with E-state index in [0.29, 0.717) is 12.5 Å². The first-order valence-corrected chi connectivity index (χ1v) is 5.99. The molecule has 0 amide bonds. The Morgan fingerprint density at radius 1 is 1.44 bits per heavy atom. The van der Waals surface area contributed by atoms with Crippen LogP contribution in [-0.4, -0.2) is 22.3 Å². The summed E-state index contributed by atoms with van der Waals surface area (Å²) in [5, 5.41) is 7.04. The van der Waals surface area contributed by atoms with E-state index in [0.717, 1.165) is 11.6 Å². The summed E-state index contributed by atoms with van der Waals surface area (Å²) in [5.41, 5.74) is 5.51. The third kappa shape index (κ3) is 2.41. The zero-order valence-electron chi connectivity index (χ0n) is 9.78. The minimum Gasteiger partial charge on any atom is -0.373 e. The number of nitrogens with zero attached hydrogens (tertiary/aromatic N) is 2. The van der Waals surface area contributed by atoms with Crippen LogP contribution in [0.25, 0.3) is 0 Å². The summed E-state index contributed by atoms with van der Waals surface area (Å²) in [6, 6.07) is 0. The second-order valence-corrected chi connectivity index (χ2v) is 4.40. The standard InChI is InChI=1S/C11H20N4O/c1-16-10(8-5-3-2-4-6-8)11-13-9(7-12)14-15-11/h8,10H,2-7,12H2,1H3,(H,13,14,15). The smallest absolute Gasteiger partial charge is 0.179 e. The molecule has 5 nitrogen and oxygen atoms in total. The number of ether oxygens (including phenoxy) is 1. The molecule has 1 heterocycles. The molecule has 0 aliphatic heterocycles. The van der Waals surface area contributed by atoms with Crippen molar-refractivity contribution in [3.8, 4) is 0 Å². The molecule has 0 saturated heterocycles. The molecule has 2 rings (SSSR count). The highest BCUT2D eigenvalue weighted by Crippen LogP contribution is 2.34. The molecule has 1 fully saturated rings. The van der Waals surface area contributed by atoms with E-state index in [1.807, 2.05) is 0 Å². The molecule has 0 aromatic carbocycles. The molecule has 1 aliphatic carbocycles. The van der Waals surface area contributed by atoms with Gasteiger partial charge in [0.05, 0.1) is 6.54 Å². The third-order valence-electron chi connectivity index (χ3n) is 3.33. The zero-order valence-corrected chi connectivity index (χ0v) is 9.78. The highest BCUT2D eigenvalue weighted by Gasteiger charge is 2.27. The molecule has 3 N–H and O–H groups in total. The lowest BCUT2D eigenvalue weighted by molar-refractivity contribution is 0.0291. The van der Waals surface area contributed by atoms with Crippen LogP contribution in [0.4, 0.5) is 0 Å². The number of rotatable bonds is 4. The molecule has 0 radical (unpaired) electrons. The van der Waals surface area contributed by atoms with Crippen LogP contribution in [0.2, 0.25) is 0 Å². The lowest BCUT2D eigenvalue weighted by atomic mass is 9.85. The molecular weight excluding hydrogens is 204 g/mol. The van der Waals surface area contributed by atoms with Crippen LogP contribution >= 0.6 is 0 Å². The van der Waals surface area contributed by atoms with Crippen LogP contribution in [0, 0.1) is 5.92 Å². The lowest BCUT2D eigenvalue weighted by Crippen LogP contribution is -2.19. The van der Waals surface area contributed by atoms with Crippen molar-refractivity contribution in [2.75, 3.05) is 7.11 Å². The highest BCUT2D eigenvalue weighted by atomic mass is 16.5. The summed E-state index contributed by atoms with van der Waals surface area (Å²) in [7, 11) is 1.73. The van der Waals surface area contributed by atoms with Crippen LogP contribution in [0.5, 0.6) is 0 Å². The SMILES string of the molecule is COC(c1n[nH]c(CN)n1)C1CCCCC1. The monoisotopic (exact) mass is 224 g/mol. The number of aromatic amines is 1. The van der Waals surface area contributed by atoms with Crippen LogP contribution in [0.3, 0.4) is 0 Å². The van der Waals surface area contributed by atoms with Gasteiger partial charge in [0.15, 0.2) is 5.82 Å². The van der Waals surface area contributed by atoms with Gasteiger partial charge < -0.3 is 10.5 Å². The van der Waals surface area contributed by atoms with E-state index in [1.165, 1.54) is 32.1 Å². The molecule has 1 aliphatic rings. The van der Waals surface area contributed by atoms with Crippen molar-refractivity contribution < 1.29 is 4.74 Å². The number of nitrogens with one attached hydrogen (secondary N) is 1. The summed E-state index contributed by atoms with van der Waals surface area (Å²) in [6.45, 7) is 0.397. The highest BCUT2D eigenvalue weighted by molar-refractivity contribution is 4.97. The van der Waals surface area contributed by atoms with Gasteiger partial charge in [0.1, 0.15) is 11.9 Å². The van der Waals surface area contributed by atoms with Crippen molar-refractivity contribution in [3.63, 3.8) is 0 Å². The van der Waals surface area contributed by atoms with Gasteiger partial charge in [-0.1, -0.05) is 19.3 Å². The number of nitrogens with two attached hydrogens (primary N) is 1. The average molecular weight is 224 g/mol. The number of hydrogen-bond donors (Lipinski definition) is 2. The van der Waals surface area contributed by atoms with Crippen LogP contribution < -0.4 is 5.73 Å². The minimum atomic E-state index is 0.0249. The van der Waals surface area contributed by atoms with Crippen molar-refractivity contribution in [2.45, 2.75) is 44.8 Å². The minimum absolute atomic E-state index is 0.0249. The Hall–Kier alpha value is -0.940. The molecule has 1 saturated carbocycles. The van der Waals surface area contributed by atoms with Crippen LogP contribution in [0.1, 0.15) is 49.9 Å². The molecule has 1 unspecified atom stereocenters. The molecule has 90 valence electrons. The molecule has 1 aromatic heterocycles. The topological polar surface area (TPSA) is 76.8 Å². The fraction of sp³-hybridized carbons (Fsp3) is 0.818. The fourth-order valence-corrected chi connectivity index (χ4v) is 2.47. The van der Waals surface area contributed by atoms with Gasteiger partial charge in [-0.3, -0.25) is 5.10 Å². The number of H-pyrrole nitrogens is 1. The van der Waals surface area contributed by atoms with E-state index >= 15 is 0 Å². The van der Waals surface area contributed by atoms with Gasteiger partial charge in [-0.05, 0) is 18.8 Å². The van der Waals surface area contributed by atoms with Gasteiger partial charge in [0, 0.05) is 7.11 Å². The Balaban J connectivity index is 2.08. The van der Waals surface area contributed by atoms with E-state index < -0.39 is 0 Å². The molecule has 1 aromatic rings. The molecule has 0 spiro atoms. The zero-order chi connectivity index (χ0) is 11.4. The predicted molar refractivity (Wildman–Crippen MR) is 60.6 cm³/mol. The van der Waals surface area contributed by atoms with Crippen molar-refractivity contribution in [1.82, 2.24) is 15.2 Å². The maximum Gasteiger partial charge on any atom is 0.179 e. The molecule has 5 heteroatoms. The molecule has 16 heavy (non-hydrogen) atoms. The predicted octanol–water partition coefficient (Wildman–Crippen LogP) is 1.53. The van der Waals surface area contributed by atoms with Crippen molar-refractivity contribution in [1.29, 1.82) is 0 Å². The maximum atomic E-state index is 5.55. The normalized spacial score (nSPS) is 19.9. The lowest BCUT2D eigenvalue weighted by Gasteiger charge is -2.27. The van der Waals surface area contributed by atoms with Crippen LogP contribution in [-0.2, 0) is 11.3 Å². The van der Waals surface area contributed by atoms with E-state index in [4.69, 9.17) is 10.5 Å². The first kappa shape index (κ1) is 11.5. The quantitative estimate of drug-likeness (QED) is 0.813. The number of hydrogen-bond acceptors (Lipinski definition) is 4. The Kier molecular flexibility index (Phi) is 3.90. The van der Waals surface area contributed by atoms with Gasteiger partial charge in [0.25, 0.3) is 0 Å². The van der Waals surface area contributed by atoms with Gasteiger partial charge in [-0.25, -0.2) is 4.98 Å². The largest absolute Gasteiger partial charge is 0.373 e. The van der Waals surface area contributed by atoms with Gasteiger partial charge in [0.2, 0.25) is 0 Å². The van der Waals surface area contributed by atoms with E-state index in [2.05, 4.69) is 15.2 Å². The summed E-state index contributed by atoms with van der Waals surface area (Å²) in [4.78, 5) is 4.36. The van der Waals surface area contributed by atoms with Gasteiger partial charge >= 0.3 is 0 Å². The number of aromatic nitrogens is 3. The van der Waals surface area contributed by atoms with Crippen LogP contribution in [0.15, 0.2) is 0 Å². The Morgan fingerprint density at radius 2 is 2.19 bits per heavy atom. The Morgan fingerprint density at radius 3 is 2.75 bits per heavy atom. The van der Waals surface area contributed by atoms with Gasteiger partial charge in [-0.15, -0.1) is 0 Å². The van der Waals surface area contributed by atoms with E-state index in [9.17, 15) is 0 Å². The summed E-state index contributed by atoms with van der Waals surface area (Å²) >= 11 is 0. The van der Waals surface area contributed by atoms with E-state index in [1.54, 1.807) is 7.11 Å². The van der Waals surface area contributed by atoms with Gasteiger partial charge in [-0.2, -0.15) is 5.10 Å². The summed E-state index contributed by atoms with van der Waals surface area (Å²) < 4.78 is 5.55. The Labute approximate surface area is 95.8 Å². The first-order valence-electron chi connectivity index (χ1n) is 5.99. The molecule has 1 atom stereocenters. The van der Waals surface area contributed by atoms with E-state index in [-0.39, 0.29) is 6.10 Å². The number of methoxy groups -OCH3 is 1. The van der Waals surface area contributed by atoms with Crippen molar-refractivity contribution in [2.24, 2.45) is 11.7 Å². The maximum absolute atomic E-state index is 5.55.